The molecule has 2 rings (SSSR count). The van der Waals surface area contributed by atoms with Gasteiger partial charge in [0.25, 0.3) is 5.56 Å². The zero-order chi connectivity index (χ0) is 14.9. The quantitative estimate of drug-likeness (QED) is 0.775. The lowest BCUT2D eigenvalue weighted by Gasteiger charge is -2.06. The molecule has 0 spiro atoms. The lowest BCUT2D eigenvalue weighted by Crippen LogP contribution is -2.21. The summed E-state index contributed by atoms with van der Waals surface area (Å²) in [6, 6.07) is 2.61. The summed E-state index contributed by atoms with van der Waals surface area (Å²) in [6.07, 6.45) is -0.591. The van der Waals surface area contributed by atoms with Gasteiger partial charge in [-0.25, -0.2) is 13.8 Å². The average Bonchev–Trinajstić information content (AvgIpc) is 2.32. The Hall–Kier alpha value is -2.77. The van der Waals surface area contributed by atoms with Crippen LogP contribution in [0.15, 0.2) is 23.0 Å². The maximum Gasteiger partial charge on any atom is 0.308 e. The van der Waals surface area contributed by atoms with Crippen LogP contribution in [0.2, 0.25) is 0 Å². The molecular weight excluding hydrogens is 272 g/mol. The molecule has 20 heavy (non-hydrogen) atoms. The number of nitrogens with one attached hydrogen (secondary N) is 1. The van der Waals surface area contributed by atoms with Crippen molar-refractivity contribution in [3.8, 4) is 11.4 Å². The van der Waals surface area contributed by atoms with E-state index < -0.39 is 29.6 Å². The lowest BCUT2D eigenvalue weighted by atomic mass is 10.1. The van der Waals surface area contributed by atoms with Crippen molar-refractivity contribution in [2.75, 3.05) is 5.73 Å². The normalized spacial score (nSPS) is 10.5. The number of carbonyl (C=O) groups is 1. The van der Waals surface area contributed by atoms with Crippen LogP contribution in [0.4, 0.5) is 14.6 Å². The van der Waals surface area contributed by atoms with Crippen molar-refractivity contribution in [1.29, 1.82) is 0 Å². The molecule has 0 atom stereocenters. The number of anilines is 1. The molecule has 1 aromatic carbocycles. The van der Waals surface area contributed by atoms with E-state index in [0.717, 1.165) is 12.1 Å². The van der Waals surface area contributed by atoms with Gasteiger partial charge < -0.3 is 15.8 Å². The second kappa shape index (κ2) is 5.08. The number of H-pyrrole nitrogens is 1. The van der Waals surface area contributed by atoms with Crippen LogP contribution in [0.1, 0.15) is 5.56 Å². The van der Waals surface area contributed by atoms with Crippen molar-refractivity contribution >= 4 is 11.8 Å². The van der Waals surface area contributed by atoms with Crippen LogP contribution in [-0.4, -0.2) is 21.0 Å². The number of nitrogens with zero attached hydrogens (tertiary/aromatic N) is 1. The zero-order valence-corrected chi connectivity index (χ0v) is 9.98. The lowest BCUT2D eigenvalue weighted by molar-refractivity contribution is -0.136. The summed E-state index contributed by atoms with van der Waals surface area (Å²) in [5.41, 5.74) is 4.52. The van der Waals surface area contributed by atoms with E-state index in [4.69, 9.17) is 10.8 Å². The van der Waals surface area contributed by atoms with Crippen molar-refractivity contribution < 1.29 is 18.7 Å². The van der Waals surface area contributed by atoms with Crippen molar-refractivity contribution in [2.45, 2.75) is 6.42 Å². The standard InChI is InChI=1S/C12H9F2N3O3/c13-6-1-5(2-7(14)3-6)11-16-10(15)8(4-9(18)19)12(20)17-11/h1-3H,4H2,(H,18,19)(H3,15,16,17,20). The fourth-order valence-electron chi connectivity index (χ4n) is 1.66. The molecule has 0 aliphatic carbocycles. The van der Waals surface area contributed by atoms with E-state index in [1.165, 1.54) is 0 Å². The van der Waals surface area contributed by atoms with Crippen LogP contribution in [-0.2, 0) is 11.2 Å². The Morgan fingerprint density at radius 2 is 1.90 bits per heavy atom. The number of hydrogen-bond donors (Lipinski definition) is 3. The summed E-state index contributed by atoms with van der Waals surface area (Å²) in [7, 11) is 0. The van der Waals surface area contributed by atoms with E-state index in [-0.39, 0.29) is 22.8 Å². The van der Waals surface area contributed by atoms with Crippen LogP contribution in [0.3, 0.4) is 0 Å². The Balaban J connectivity index is 2.54. The molecule has 6 nitrogen and oxygen atoms in total. The number of carboxylic acids is 1. The van der Waals surface area contributed by atoms with Gasteiger partial charge in [-0.15, -0.1) is 0 Å². The molecule has 0 saturated carbocycles. The van der Waals surface area contributed by atoms with E-state index in [1.807, 2.05) is 0 Å². The van der Waals surface area contributed by atoms with Gasteiger partial charge in [0, 0.05) is 11.6 Å². The van der Waals surface area contributed by atoms with E-state index in [2.05, 4.69) is 9.97 Å². The Morgan fingerprint density at radius 3 is 2.40 bits per heavy atom. The number of nitrogen functional groups attached to an aromatic ring is 1. The Morgan fingerprint density at radius 1 is 1.30 bits per heavy atom. The number of nitrogens with two attached hydrogens (primary N) is 1. The van der Waals surface area contributed by atoms with Gasteiger partial charge in [0.2, 0.25) is 0 Å². The monoisotopic (exact) mass is 281 g/mol. The van der Waals surface area contributed by atoms with Gasteiger partial charge in [-0.1, -0.05) is 0 Å². The number of rotatable bonds is 3. The predicted molar refractivity (Wildman–Crippen MR) is 66.0 cm³/mol. The topological polar surface area (TPSA) is 109 Å². The smallest absolute Gasteiger partial charge is 0.308 e. The summed E-state index contributed by atoms with van der Waals surface area (Å²) in [6.45, 7) is 0. The number of aromatic amines is 1. The molecular formula is C12H9F2N3O3. The second-order valence-electron chi connectivity index (χ2n) is 4.01. The first-order valence-corrected chi connectivity index (χ1v) is 5.43. The molecule has 4 N–H and O–H groups in total. The molecule has 0 bridgehead atoms. The number of carboxylic acid groups (broad SMARTS) is 1. The van der Waals surface area contributed by atoms with Gasteiger partial charge in [0.05, 0.1) is 12.0 Å². The highest BCUT2D eigenvalue weighted by Gasteiger charge is 2.14. The minimum atomic E-state index is -1.24. The molecule has 104 valence electrons. The van der Waals surface area contributed by atoms with E-state index in [0.29, 0.717) is 6.07 Å². The highest BCUT2D eigenvalue weighted by Crippen LogP contribution is 2.18. The van der Waals surface area contributed by atoms with Crippen LogP contribution in [0, 0.1) is 11.6 Å². The Bertz CT molecular complexity index is 723. The van der Waals surface area contributed by atoms with Crippen LogP contribution >= 0.6 is 0 Å². The molecule has 1 aromatic heterocycles. The van der Waals surface area contributed by atoms with Crippen molar-refractivity contribution in [1.82, 2.24) is 9.97 Å². The Kier molecular flexibility index (Phi) is 3.47. The molecule has 0 saturated heterocycles. The zero-order valence-electron chi connectivity index (χ0n) is 9.98. The molecule has 0 fully saturated rings. The minimum Gasteiger partial charge on any atom is -0.481 e. The van der Waals surface area contributed by atoms with Gasteiger partial charge in [0.15, 0.2) is 0 Å². The van der Waals surface area contributed by atoms with Crippen LogP contribution in [0.5, 0.6) is 0 Å². The van der Waals surface area contributed by atoms with Crippen molar-refractivity contribution in [2.24, 2.45) is 0 Å². The number of aliphatic carboxylic acids is 1. The van der Waals surface area contributed by atoms with Gasteiger partial charge >= 0.3 is 5.97 Å². The first-order chi connectivity index (χ1) is 9.36. The number of halogens is 2. The highest BCUT2D eigenvalue weighted by molar-refractivity contribution is 5.72. The molecule has 0 aliphatic rings. The maximum absolute atomic E-state index is 13.1. The SMILES string of the molecule is Nc1nc(-c2cc(F)cc(F)c2)[nH]c(=O)c1CC(=O)O. The molecule has 2 aromatic rings. The Labute approximate surface area is 110 Å². The number of hydrogen-bond acceptors (Lipinski definition) is 4. The third kappa shape index (κ3) is 2.79. The van der Waals surface area contributed by atoms with E-state index >= 15 is 0 Å². The van der Waals surface area contributed by atoms with E-state index in [1.54, 1.807) is 0 Å². The first kappa shape index (κ1) is 13.7. The summed E-state index contributed by atoms with van der Waals surface area (Å²) in [5, 5.41) is 8.64. The van der Waals surface area contributed by atoms with Gasteiger partial charge in [-0.2, -0.15) is 0 Å². The summed E-state index contributed by atoms with van der Waals surface area (Å²) in [5.74, 6) is -3.35. The van der Waals surface area contributed by atoms with Crippen molar-refractivity contribution in [3.63, 3.8) is 0 Å². The maximum atomic E-state index is 13.1. The molecule has 1 heterocycles. The average molecular weight is 281 g/mol. The molecule has 0 aliphatic heterocycles. The minimum absolute atomic E-state index is 0.00632. The van der Waals surface area contributed by atoms with E-state index in [9.17, 15) is 18.4 Å². The molecule has 0 radical (unpaired) electrons. The van der Waals surface area contributed by atoms with Crippen LogP contribution < -0.4 is 11.3 Å². The fraction of sp³-hybridized carbons (Fsp3) is 0.0833. The summed E-state index contributed by atoms with van der Waals surface area (Å²) < 4.78 is 26.2. The fourth-order valence-corrected chi connectivity index (χ4v) is 1.66. The summed E-state index contributed by atoms with van der Waals surface area (Å²) in [4.78, 5) is 28.3. The molecule has 0 unspecified atom stereocenters. The summed E-state index contributed by atoms with van der Waals surface area (Å²) >= 11 is 0. The number of aromatic nitrogens is 2. The molecule has 0 amide bonds. The number of benzene rings is 1. The second-order valence-corrected chi connectivity index (χ2v) is 4.01. The van der Waals surface area contributed by atoms with Crippen LogP contribution in [0.25, 0.3) is 11.4 Å². The third-order valence-electron chi connectivity index (χ3n) is 2.51. The predicted octanol–water partition coefficient (Wildman–Crippen LogP) is 0.924. The van der Waals surface area contributed by atoms with Gasteiger partial charge in [-0.3, -0.25) is 9.59 Å². The van der Waals surface area contributed by atoms with Crippen molar-refractivity contribution in [3.05, 3.63) is 45.8 Å². The largest absolute Gasteiger partial charge is 0.481 e. The highest BCUT2D eigenvalue weighted by atomic mass is 19.1. The third-order valence-corrected chi connectivity index (χ3v) is 2.51. The van der Waals surface area contributed by atoms with Gasteiger partial charge in [-0.05, 0) is 12.1 Å². The molecule has 8 heteroatoms. The van der Waals surface area contributed by atoms with Gasteiger partial charge in [0.1, 0.15) is 23.3 Å². The first-order valence-electron chi connectivity index (χ1n) is 5.43.